The summed E-state index contributed by atoms with van der Waals surface area (Å²) >= 11 is 0. The number of amides is 1. The Labute approximate surface area is 202 Å². The number of benzene rings is 3. The normalized spacial score (nSPS) is 10.8. The molecule has 0 saturated heterocycles. The molecule has 2 heterocycles. The van der Waals surface area contributed by atoms with E-state index in [0.717, 1.165) is 33.4 Å². The van der Waals surface area contributed by atoms with Crippen molar-refractivity contribution in [2.45, 2.75) is 20.3 Å². The summed E-state index contributed by atoms with van der Waals surface area (Å²) in [6, 6.07) is 23.4. The van der Waals surface area contributed by atoms with Gasteiger partial charge in [0.05, 0.1) is 6.42 Å². The Morgan fingerprint density at radius 2 is 1.60 bits per heavy atom. The van der Waals surface area contributed by atoms with E-state index < -0.39 is 0 Å². The number of aryl methyl sites for hydroxylation is 2. The second kappa shape index (κ2) is 9.69. The van der Waals surface area contributed by atoms with Crippen molar-refractivity contribution < 1.29 is 9.21 Å². The molecular formula is C28H23N5O2. The highest BCUT2D eigenvalue weighted by Gasteiger charge is 2.11. The first-order chi connectivity index (χ1) is 17.0. The minimum Gasteiger partial charge on any atom is -0.421 e. The van der Waals surface area contributed by atoms with Crippen molar-refractivity contribution in [1.82, 2.24) is 20.2 Å². The molecule has 0 saturated carbocycles. The maximum absolute atomic E-state index is 12.7. The van der Waals surface area contributed by atoms with Crippen molar-refractivity contribution >= 4 is 11.6 Å². The number of carbonyl (C=O) groups is 1. The molecule has 1 amide bonds. The van der Waals surface area contributed by atoms with Crippen LogP contribution in [0.4, 0.5) is 5.69 Å². The van der Waals surface area contributed by atoms with E-state index >= 15 is 0 Å². The summed E-state index contributed by atoms with van der Waals surface area (Å²) in [6.45, 7) is 3.84. The van der Waals surface area contributed by atoms with Crippen LogP contribution < -0.4 is 5.32 Å². The van der Waals surface area contributed by atoms with Crippen molar-refractivity contribution in [3.05, 3.63) is 102 Å². The molecule has 5 aromatic rings. The molecule has 0 aliphatic heterocycles. The Bertz CT molecular complexity index is 1480. The summed E-state index contributed by atoms with van der Waals surface area (Å²) in [5, 5.41) is 11.0. The second-order valence-corrected chi connectivity index (χ2v) is 8.23. The van der Waals surface area contributed by atoms with E-state index in [2.05, 4.69) is 32.4 Å². The van der Waals surface area contributed by atoms with Crippen LogP contribution in [0, 0.1) is 13.8 Å². The van der Waals surface area contributed by atoms with Crippen LogP contribution in [0.1, 0.15) is 17.0 Å². The van der Waals surface area contributed by atoms with E-state index in [0.29, 0.717) is 23.3 Å². The first kappa shape index (κ1) is 22.2. The molecule has 0 bridgehead atoms. The fraction of sp³-hybridized carbons (Fsp3) is 0.107. The maximum Gasteiger partial charge on any atom is 0.247 e. The third kappa shape index (κ3) is 5.14. The topological polar surface area (TPSA) is 93.8 Å². The molecule has 172 valence electrons. The summed E-state index contributed by atoms with van der Waals surface area (Å²) in [5.74, 6) is 1.56. The Morgan fingerprint density at radius 1 is 0.829 bits per heavy atom. The van der Waals surface area contributed by atoms with E-state index in [1.807, 2.05) is 66.7 Å². The Balaban J connectivity index is 1.28. The zero-order chi connectivity index (χ0) is 24.2. The Kier molecular flexibility index (Phi) is 6.13. The molecule has 3 aromatic carbocycles. The lowest BCUT2D eigenvalue weighted by Gasteiger charge is -2.10. The number of rotatable bonds is 6. The second-order valence-electron chi connectivity index (χ2n) is 8.23. The van der Waals surface area contributed by atoms with Crippen LogP contribution in [0.3, 0.4) is 0 Å². The quantitative estimate of drug-likeness (QED) is 0.351. The molecule has 0 spiro atoms. The lowest BCUT2D eigenvalue weighted by Crippen LogP contribution is -2.14. The van der Waals surface area contributed by atoms with Gasteiger partial charge in [-0.05, 0) is 59.5 Å². The molecule has 0 atom stereocenters. The van der Waals surface area contributed by atoms with Crippen molar-refractivity contribution in [1.29, 1.82) is 0 Å². The van der Waals surface area contributed by atoms with Gasteiger partial charge >= 0.3 is 0 Å². The van der Waals surface area contributed by atoms with Gasteiger partial charge < -0.3 is 9.73 Å². The zero-order valence-electron chi connectivity index (χ0n) is 19.4. The standard InChI is InChI=1S/C28H23N5O2/c1-18-7-10-23(28-33-32-19(2)35-28)17-25(18)21-11-8-20(9-12-21)15-26(34)31-24-6-3-5-22(16-24)27-29-13-4-14-30-27/h3-14,16-17H,15H2,1-2H3,(H,31,34). The molecule has 0 radical (unpaired) electrons. The summed E-state index contributed by atoms with van der Waals surface area (Å²) < 4.78 is 5.57. The predicted molar refractivity (Wildman–Crippen MR) is 134 cm³/mol. The van der Waals surface area contributed by atoms with Crippen LogP contribution in [0.15, 0.2) is 89.6 Å². The van der Waals surface area contributed by atoms with E-state index in [9.17, 15) is 4.79 Å². The molecule has 0 unspecified atom stereocenters. The third-order valence-electron chi connectivity index (χ3n) is 5.61. The smallest absolute Gasteiger partial charge is 0.247 e. The maximum atomic E-state index is 12.7. The number of hydrogen-bond donors (Lipinski definition) is 1. The molecule has 35 heavy (non-hydrogen) atoms. The highest BCUT2D eigenvalue weighted by Crippen LogP contribution is 2.29. The number of anilines is 1. The molecule has 0 aliphatic rings. The fourth-order valence-corrected chi connectivity index (χ4v) is 3.86. The number of carbonyl (C=O) groups excluding carboxylic acids is 1. The van der Waals surface area contributed by atoms with Crippen molar-refractivity contribution in [2.75, 3.05) is 5.32 Å². The van der Waals surface area contributed by atoms with Gasteiger partial charge in [0, 0.05) is 36.1 Å². The van der Waals surface area contributed by atoms with E-state index in [-0.39, 0.29) is 12.3 Å². The van der Waals surface area contributed by atoms with Crippen LogP contribution in [0.25, 0.3) is 34.0 Å². The molecule has 0 fully saturated rings. The summed E-state index contributed by atoms with van der Waals surface area (Å²) in [4.78, 5) is 21.2. The highest BCUT2D eigenvalue weighted by atomic mass is 16.4. The largest absolute Gasteiger partial charge is 0.421 e. The minimum absolute atomic E-state index is 0.0891. The first-order valence-corrected chi connectivity index (χ1v) is 11.2. The monoisotopic (exact) mass is 461 g/mol. The Hall–Kier alpha value is -4.65. The van der Waals surface area contributed by atoms with Crippen LogP contribution in [0.5, 0.6) is 0 Å². The molecular weight excluding hydrogens is 438 g/mol. The van der Waals surface area contributed by atoms with Gasteiger partial charge in [0.25, 0.3) is 0 Å². The lowest BCUT2D eigenvalue weighted by atomic mass is 9.96. The van der Waals surface area contributed by atoms with Crippen molar-refractivity contribution in [3.8, 4) is 34.0 Å². The van der Waals surface area contributed by atoms with Gasteiger partial charge in [0.1, 0.15) is 0 Å². The van der Waals surface area contributed by atoms with Gasteiger partial charge in [-0.15, -0.1) is 10.2 Å². The first-order valence-electron chi connectivity index (χ1n) is 11.2. The van der Waals surface area contributed by atoms with E-state index in [4.69, 9.17) is 4.42 Å². The predicted octanol–water partition coefficient (Wildman–Crippen LogP) is 5.66. The number of nitrogens with zero attached hydrogens (tertiary/aromatic N) is 4. The minimum atomic E-state index is -0.0891. The lowest BCUT2D eigenvalue weighted by molar-refractivity contribution is -0.115. The summed E-state index contributed by atoms with van der Waals surface area (Å²) in [6.07, 6.45) is 3.66. The van der Waals surface area contributed by atoms with E-state index in [1.54, 1.807) is 25.4 Å². The van der Waals surface area contributed by atoms with E-state index in [1.165, 1.54) is 0 Å². The van der Waals surface area contributed by atoms with Crippen LogP contribution >= 0.6 is 0 Å². The zero-order valence-corrected chi connectivity index (χ0v) is 19.4. The van der Waals surface area contributed by atoms with Gasteiger partial charge in [0.2, 0.25) is 17.7 Å². The average Bonchev–Trinajstić information content (AvgIpc) is 3.32. The van der Waals surface area contributed by atoms with Gasteiger partial charge in [-0.25, -0.2) is 9.97 Å². The summed E-state index contributed by atoms with van der Waals surface area (Å²) in [7, 11) is 0. The molecule has 5 rings (SSSR count). The van der Waals surface area contributed by atoms with Crippen LogP contribution in [-0.2, 0) is 11.2 Å². The number of hydrogen-bond acceptors (Lipinski definition) is 6. The Morgan fingerprint density at radius 3 is 2.34 bits per heavy atom. The van der Waals surface area contributed by atoms with Crippen LogP contribution in [0.2, 0.25) is 0 Å². The number of nitrogens with one attached hydrogen (secondary N) is 1. The van der Waals surface area contributed by atoms with Gasteiger partial charge in [-0.2, -0.15) is 0 Å². The molecule has 7 nitrogen and oxygen atoms in total. The fourth-order valence-electron chi connectivity index (χ4n) is 3.86. The molecule has 0 aliphatic carbocycles. The number of aromatic nitrogens is 4. The molecule has 7 heteroatoms. The van der Waals surface area contributed by atoms with Gasteiger partial charge in [-0.3, -0.25) is 4.79 Å². The highest BCUT2D eigenvalue weighted by molar-refractivity contribution is 5.93. The third-order valence-corrected chi connectivity index (χ3v) is 5.61. The average molecular weight is 462 g/mol. The van der Waals surface area contributed by atoms with Gasteiger partial charge in [-0.1, -0.05) is 42.5 Å². The molecule has 2 aromatic heterocycles. The SMILES string of the molecule is Cc1nnc(-c2ccc(C)c(-c3ccc(CC(=O)Nc4cccc(-c5ncccn5)c4)cc3)c2)o1. The van der Waals surface area contributed by atoms with Gasteiger partial charge in [0.15, 0.2) is 5.82 Å². The van der Waals surface area contributed by atoms with Crippen molar-refractivity contribution in [2.24, 2.45) is 0 Å². The molecule has 1 N–H and O–H groups in total. The summed E-state index contributed by atoms with van der Waals surface area (Å²) in [5.41, 5.74) is 6.63. The van der Waals surface area contributed by atoms with Crippen LogP contribution in [-0.4, -0.2) is 26.1 Å². The van der Waals surface area contributed by atoms with Crippen molar-refractivity contribution in [3.63, 3.8) is 0 Å².